The Kier molecular flexibility index (Phi) is 7.65. The number of hydrogen-bond donors (Lipinski definition) is 3. The van der Waals surface area contributed by atoms with Gasteiger partial charge in [-0.05, 0) is 98.7 Å². The number of ether oxygens (including phenoxy) is 1. The molecule has 0 bridgehead atoms. The first-order chi connectivity index (χ1) is 14.1. The minimum Gasteiger partial charge on any atom is -0.396 e. The molecular weight excluding hydrogens is 376 g/mol. The van der Waals surface area contributed by atoms with Crippen LogP contribution in [0, 0.1) is 40.4 Å². The molecular formula is C26H48O4. The van der Waals surface area contributed by atoms with Crippen LogP contribution in [-0.2, 0) is 4.74 Å². The third kappa shape index (κ3) is 4.49. The molecule has 4 nitrogen and oxygen atoms in total. The van der Waals surface area contributed by atoms with Gasteiger partial charge in [-0.3, -0.25) is 0 Å². The molecule has 4 rings (SSSR count). The molecule has 0 saturated heterocycles. The highest BCUT2D eigenvalue weighted by Crippen LogP contribution is 2.68. The lowest BCUT2D eigenvalue weighted by Gasteiger charge is -2.61. The van der Waals surface area contributed by atoms with Gasteiger partial charge < -0.3 is 20.1 Å². The minimum absolute atomic E-state index is 0.199. The summed E-state index contributed by atoms with van der Waals surface area (Å²) in [6.07, 6.45) is 12.8. The summed E-state index contributed by atoms with van der Waals surface area (Å²) >= 11 is 0. The third-order valence-corrected chi connectivity index (χ3v) is 10.3. The summed E-state index contributed by atoms with van der Waals surface area (Å²) in [5.41, 5.74) is 0.967. The largest absolute Gasteiger partial charge is 0.396 e. The maximum atomic E-state index is 10.1. The van der Waals surface area contributed by atoms with Crippen molar-refractivity contribution in [3.05, 3.63) is 0 Å². The van der Waals surface area contributed by atoms with Crippen LogP contribution < -0.4 is 0 Å². The Balaban J connectivity index is 0.000000318. The van der Waals surface area contributed by atoms with Gasteiger partial charge in [-0.15, -0.1) is 0 Å². The monoisotopic (exact) mass is 424 g/mol. The second kappa shape index (κ2) is 9.37. The van der Waals surface area contributed by atoms with Crippen molar-refractivity contribution in [2.24, 2.45) is 40.4 Å². The molecule has 0 amide bonds. The first kappa shape index (κ1) is 24.5. The highest BCUT2D eigenvalue weighted by Gasteiger charge is 2.60. The van der Waals surface area contributed by atoms with Crippen LogP contribution in [0.5, 0.6) is 0 Å². The first-order valence-electron chi connectivity index (χ1n) is 12.7. The molecule has 4 aliphatic rings. The number of methoxy groups -OCH3 is 1. The van der Waals surface area contributed by atoms with Gasteiger partial charge in [0.2, 0.25) is 0 Å². The van der Waals surface area contributed by atoms with Gasteiger partial charge in [0.15, 0.2) is 5.79 Å². The average molecular weight is 425 g/mol. The van der Waals surface area contributed by atoms with Gasteiger partial charge in [-0.1, -0.05) is 27.2 Å². The van der Waals surface area contributed by atoms with Crippen molar-refractivity contribution in [3.63, 3.8) is 0 Å². The fourth-order valence-corrected chi connectivity index (χ4v) is 8.30. The predicted molar refractivity (Wildman–Crippen MR) is 121 cm³/mol. The number of rotatable bonds is 4. The lowest BCUT2D eigenvalue weighted by atomic mass is 9.44. The molecule has 0 aromatic heterocycles. The van der Waals surface area contributed by atoms with Gasteiger partial charge in [0.1, 0.15) is 0 Å². The molecule has 0 aromatic carbocycles. The zero-order chi connectivity index (χ0) is 22.2. The van der Waals surface area contributed by atoms with Gasteiger partial charge >= 0.3 is 0 Å². The third-order valence-electron chi connectivity index (χ3n) is 10.3. The number of fused-ring (bicyclic) bond motifs is 5. The maximum Gasteiger partial charge on any atom is 0.162 e. The van der Waals surface area contributed by atoms with Crippen molar-refractivity contribution in [1.29, 1.82) is 0 Å². The molecule has 4 saturated carbocycles. The molecule has 0 aromatic rings. The van der Waals surface area contributed by atoms with E-state index in [4.69, 9.17) is 9.84 Å². The Labute approximate surface area is 184 Å². The Morgan fingerprint density at radius 1 is 0.933 bits per heavy atom. The van der Waals surface area contributed by atoms with Crippen molar-refractivity contribution in [1.82, 2.24) is 0 Å². The zero-order valence-corrected chi connectivity index (χ0v) is 20.2. The maximum absolute atomic E-state index is 10.1. The van der Waals surface area contributed by atoms with E-state index in [2.05, 4.69) is 20.8 Å². The minimum atomic E-state index is -1.39. The molecule has 3 N–H and O–H groups in total. The number of aliphatic hydroxyl groups is 3. The summed E-state index contributed by atoms with van der Waals surface area (Å²) in [4.78, 5) is 0. The molecule has 0 spiro atoms. The zero-order valence-electron chi connectivity index (χ0n) is 20.2. The van der Waals surface area contributed by atoms with Gasteiger partial charge in [0.05, 0.1) is 6.10 Å². The lowest BCUT2D eigenvalue weighted by molar-refractivity contribution is -0.233. The van der Waals surface area contributed by atoms with Crippen molar-refractivity contribution >= 4 is 0 Å². The Bertz CT molecular complexity index is 563. The van der Waals surface area contributed by atoms with Crippen LogP contribution in [0.1, 0.15) is 98.3 Å². The van der Waals surface area contributed by atoms with E-state index < -0.39 is 5.79 Å². The Morgan fingerprint density at radius 3 is 2.23 bits per heavy atom. The molecule has 2 unspecified atom stereocenters. The lowest BCUT2D eigenvalue weighted by Crippen LogP contribution is -2.55. The van der Waals surface area contributed by atoms with E-state index in [0.29, 0.717) is 29.6 Å². The highest BCUT2D eigenvalue weighted by molar-refractivity contribution is 5.09. The summed E-state index contributed by atoms with van der Waals surface area (Å²) in [5.74, 6) is 2.79. The molecule has 4 fully saturated rings. The molecule has 8 atom stereocenters. The first-order valence-corrected chi connectivity index (χ1v) is 12.7. The SMILES string of the molecule is CC[C@H]1CC[C@H]2[C@@H]3CCC4CC(O)(O)CC[C@]4(C)[C@H]3CC[C@]12C.COC(C)CCO. The van der Waals surface area contributed by atoms with E-state index >= 15 is 0 Å². The van der Waals surface area contributed by atoms with Gasteiger partial charge in [0.25, 0.3) is 0 Å². The van der Waals surface area contributed by atoms with Gasteiger partial charge in [-0.2, -0.15) is 0 Å². The molecule has 30 heavy (non-hydrogen) atoms. The van der Waals surface area contributed by atoms with E-state index in [-0.39, 0.29) is 12.7 Å². The highest BCUT2D eigenvalue weighted by atomic mass is 16.5. The summed E-state index contributed by atoms with van der Waals surface area (Å²) in [5, 5.41) is 28.6. The predicted octanol–water partition coefficient (Wildman–Crippen LogP) is 5.14. The smallest absolute Gasteiger partial charge is 0.162 e. The quantitative estimate of drug-likeness (QED) is 0.547. The summed E-state index contributed by atoms with van der Waals surface area (Å²) in [6.45, 7) is 9.65. The topological polar surface area (TPSA) is 69.9 Å². The van der Waals surface area contributed by atoms with Crippen LogP contribution in [0.4, 0.5) is 0 Å². The van der Waals surface area contributed by atoms with Crippen LogP contribution in [0.15, 0.2) is 0 Å². The van der Waals surface area contributed by atoms with E-state index in [1.54, 1.807) is 7.11 Å². The van der Waals surface area contributed by atoms with Crippen molar-refractivity contribution < 1.29 is 20.1 Å². The normalized spacial score (nSPS) is 45.4. The summed E-state index contributed by atoms with van der Waals surface area (Å²) < 4.78 is 4.83. The van der Waals surface area contributed by atoms with Crippen LogP contribution in [-0.4, -0.2) is 40.9 Å². The number of aliphatic hydroxyl groups excluding tert-OH is 1. The van der Waals surface area contributed by atoms with Gasteiger partial charge in [-0.25, -0.2) is 0 Å². The van der Waals surface area contributed by atoms with Crippen LogP contribution in [0.2, 0.25) is 0 Å². The average Bonchev–Trinajstić information content (AvgIpc) is 3.05. The van der Waals surface area contributed by atoms with E-state index in [1.807, 2.05) is 6.92 Å². The standard InChI is InChI=1S/C21H36O2.C5H12O2/c1-4-14-6-8-17-16-7-5-15-13-21(22,23)12-11-20(15,3)18(16)9-10-19(14,17)2;1-5(7-2)3-4-6/h14-18,22-23H,4-13H2,1-3H3;5-6H,3-4H2,1-2H3/t14-,15?,16-,17-,18-,19+,20-;/m0./s1. The fraction of sp³-hybridized carbons (Fsp3) is 1.00. The number of hydrogen-bond acceptors (Lipinski definition) is 4. The van der Waals surface area contributed by atoms with Crippen molar-refractivity contribution in [2.45, 2.75) is 110 Å². The van der Waals surface area contributed by atoms with E-state index in [1.165, 1.54) is 44.9 Å². The molecule has 0 radical (unpaired) electrons. The van der Waals surface area contributed by atoms with Crippen LogP contribution in [0.3, 0.4) is 0 Å². The second-order valence-electron chi connectivity index (χ2n) is 11.6. The van der Waals surface area contributed by atoms with Gasteiger partial charge in [0, 0.05) is 26.6 Å². The molecule has 0 aliphatic heterocycles. The van der Waals surface area contributed by atoms with Crippen LogP contribution in [0.25, 0.3) is 0 Å². The fourth-order valence-electron chi connectivity index (χ4n) is 8.30. The Hall–Kier alpha value is -0.160. The molecule has 4 aliphatic carbocycles. The van der Waals surface area contributed by atoms with Crippen molar-refractivity contribution in [3.8, 4) is 0 Å². The second-order valence-corrected chi connectivity index (χ2v) is 11.6. The van der Waals surface area contributed by atoms with E-state index in [0.717, 1.165) is 36.5 Å². The van der Waals surface area contributed by atoms with Crippen molar-refractivity contribution in [2.75, 3.05) is 13.7 Å². The summed E-state index contributed by atoms with van der Waals surface area (Å²) in [7, 11) is 1.64. The van der Waals surface area contributed by atoms with Crippen LogP contribution >= 0.6 is 0 Å². The van der Waals surface area contributed by atoms with E-state index in [9.17, 15) is 10.2 Å². The molecule has 0 heterocycles. The molecule has 176 valence electrons. The molecule has 4 heteroatoms. The summed E-state index contributed by atoms with van der Waals surface area (Å²) in [6, 6.07) is 0. The Morgan fingerprint density at radius 2 is 1.63 bits per heavy atom.